The van der Waals surface area contributed by atoms with Gasteiger partial charge in [0.25, 0.3) is 0 Å². The zero-order valence-electron chi connectivity index (χ0n) is 10.7. The number of halogens is 3. The second-order valence-corrected chi connectivity index (χ2v) is 4.81. The Morgan fingerprint density at radius 2 is 2.05 bits per heavy atom. The third kappa shape index (κ3) is 3.79. The van der Waals surface area contributed by atoms with E-state index in [0.29, 0.717) is 12.5 Å². The van der Waals surface area contributed by atoms with Crippen molar-refractivity contribution in [3.05, 3.63) is 18.0 Å². The summed E-state index contributed by atoms with van der Waals surface area (Å²) in [6.07, 6.45) is -1.20. The summed E-state index contributed by atoms with van der Waals surface area (Å²) in [5, 5.41) is 3.26. The van der Waals surface area contributed by atoms with Crippen molar-refractivity contribution in [1.29, 1.82) is 0 Å². The van der Waals surface area contributed by atoms with Crippen molar-refractivity contribution in [2.24, 2.45) is 5.92 Å². The van der Waals surface area contributed by atoms with E-state index in [4.69, 9.17) is 0 Å². The van der Waals surface area contributed by atoms with Gasteiger partial charge in [0.05, 0.1) is 0 Å². The molecule has 0 spiro atoms. The number of rotatable bonds is 3. The summed E-state index contributed by atoms with van der Waals surface area (Å²) in [6, 6.07) is 0.891. The first kappa shape index (κ1) is 14.0. The summed E-state index contributed by atoms with van der Waals surface area (Å²) in [4.78, 5) is 9.20. The predicted octanol–water partition coefficient (Wildman–Crippen LogP) is 1.93. The molecule has 0 atom stereocenters. The van der Waals surface area contributed by atoms with E-state index in [2.05, 4.69) is 15.3 Å². The molecule has 2 rings (SSSR count). The maximum Gasteiger partial charge on any atom is 0.433 e. The van der Waals surface area contributed by atoms with Crippen molar-refractivity contribution in [3.8, 4) is 0 Å². The highest BCUT2D eigenvalue weighted by molar-refractivity contribution is 5.29. The maximum atomic E-state index is 12.6. The van der Waals surface area contributed by atoms with Crippen LogP contribution in [0.5, 0.6) is 0 Å². The van der Waals surface area contributed by atoms with Crippen LogP contribution < -0.4 is 10.2 Å². The highest BCUT2D eigenvalue weighted by atomic mass is 19.4. The van der Waals surface area contributed by atoms with E-state index in [-0.39, 0.29) is 5.95 Å². The molecule has 1 saturated heterocycles. The lowest BCUT2D eigenvalue weighted by atomic mass is 9.98. The lowest BCUT2D eigenvalue weighted by Crippen LogP contribution is -2.35. The minimum Gasteiger partial charge on any atom is -0.344 e. The zero-order valence-corrected chi connectivity index (χ0v) is 10.7. The van der Waals surface area contributed by atoms with Gasteiger partial charge in [-0.15, -0.1) is 0 Å². The second-order valence-electron chi connectivity index (χ2n) is 4.81. The minimum atomic E-state index is -4.42. The standard InChI is InChI=1S/C12H17F3N4/c1-19(8-9-2-5-16-6-3-9)11-17-7-4-10(18-11)12(13,14)15/h4,7,9,16H,2-3,5-6,8H2,1H3. The predicted molar refractivity (Wildman–Crippen MR) is 65.9 cm³/mol. The van der Waals surface area contributed by atoms with Crippen molar-refractivity contribution >= 4 is 5.95 Å². The molecule has 1 aromatic heterocycles. The van der Waals surface area contributed by atoms with Crippen molar-refractivity contribution in [1.82, 2.24) is 15.3 Å². The molecule has 19 heavy (non-hydrogen) atoms. The largest absolute Gasteiger partial charge is 0.433 e. The van der Waals surface area contributed by atoms with Crippen LogP contribution in [-0.2, 0) is 6.18 Å². The first-order valence-corrected chi connectivity index (χ1v) is 6.29. The first-order valence-electron chi connectivity index (χ1n) is 6.29. The summed E-state index contributed by atoms with van der Waals surface area (Å²) in [6.45, 7) is 2.60. The molecule has 0 aliphatic carbocycles. The van der Waals surface area contributed by atoms with E-state index < -0.39 is 11.9 Å². The molecule has 106 valence electrons. The number of piperidine rings is 1. The number of hydrogen-bond acceptors (Lipinski definition) is 4. The van der Waals surface area contributed by atoms with Crippen LogP contribution in [0.15, 0.2) is 12.3 Å². The SMILES string of the molecule is CN(CC1CCNCC1)c1nccc(C(F)(F)F)n1. The van der Waals surface area contributed by atoms with Gasteiger partial charge in [-0.25, -0.2) is 9.97 Å². The number of aromatic nitrogens is 2. The van der Waals surface area contributed by atoms with Gasteiger partial charge in [0.1, 0.15) is 5.69 Å². The molecule has 0 amide bonds. The molecule has 0 bridgehead atoms. The molecule has 0 radical (unpaired) electrons. The third-order valence-corrected chi connectivity index (χ3v) is 3.27. The van der Waals surface area contributed by atoms with Gasteiger partial charge in [-0.1, -0.05) is 0 Å². The normalized spacial score (nSPS) is 17.5. The Morgan fingerprint density at radius 1 is 1.37 bits per heavy atom. The van der Waals surface area contributed by atoms with Gasteiger partial charge in [0.2, 0.25) is 5.95 Å². The number of hydrogen-bond donors (Lipinski definition) is 1. The molecule has 1 fully saturated rings. The van der Waals surface area contributed by atoms with Crippen LogP contribution in [0.4, 0.5) is 19.1 Å². The Labute approximate surface area is 110 Å². The van der Waals surface area contributed by atoms with Crippen LogP contribution in [0.3, 0.4) is 0 Å². The highest BCUT2D eigenvalue weighted by Gasteiger charge is 2.33. The topological polar surface area (TPSA) is 41.0 Å². The minimum absolute atomic E-state index is 0.133. The monoisotopic (exact) mass is 274 g/mol. The Kier molecular flexibility index (Phi) is 4.24. The van der Waals surface area contributed by atoms with E-state index in [0.717, 1.165) is 38.2 Å². The molecule has 1 aromatic rings. The van der Waals surface area contributed by atoms with Gasteiger partial charge in [0, 0.05) is 19.8 Å². The van der Waals surface area contributed by atoms with E-state index in [9.17, 15) is 13.2 Å². The summed E-state index contributed by atoms with van der Waals surface area (Å²) < 4.78 is 37.7. The third-order valence-electron chi connectivity index (χ3n) is 3.27. The Balaban J connectivity index is 2.04. The van der Waals surface area contributed by atoms with Gasteiger partial charge in [-0.2, -0.15) is 13.2 Å². The first-order chi connectivity index (χ1) is 8.97. The van der Waals surface area contributed by atoms with E-state index >= 15 is 0 Å². The van der Waals surface area contributed by atoms with Crippen LogP contribution in [0, 0.1) is 5.92 Å². The van der Waals surface area contributed by atoms with Crippen LogP contribution in [-0.4, -0.2) is 36.6 Å². The molecule has 1 aliphatic rings. The van der Waals surface area contributed by atoms with Crippen molar-refractivity contribution in [3.63, 3.8) is 0 Å². The second kappa shape index (κ2) is 5.73. The van der Waals surface area contributed by atoms with Crippen LogP contribution in [0.1, 0.15) is 18.5 Å². The van der Waals surface area contributed by atoms with E-state index in [1.807, 2.05) is 0 Å². The van der Waals surface area contributed by atoms with Gasteiger partial charge in [0.15, 0.2) is 0 Å². The fraction of sp³-hybridized carbons (Fsp3) is 0.667. The summed E-state index contributed by atoms with van der Waals surface area (Å²) in [5.74, 6) is 0.609. The van der Waals surface area contributed by atoms with Crippen LogP contribution >= 0.6 is 0 Å². The number of nitrogens with zero attached hydrogens (tertiary/aromatic N) is 3. The molecular weight excluding hydrogens is 257 g/mol. The van der Waals surface area contributed by atoms with Gasteiger partial charge >= 0.3 is 6.18 Å². The molecule has 0 aromatic carbocycles. The van der Waals surface area contributed by atoms with E-state index in [1.165, 1.54) is 0 Å². The lowest BCUT2D eigenvalue weighted by Gasteiger charge is -2.27. The van der Waals surface area contributed by atoms with Crippen molar-refractivity contribution in [2.75, 3.05) is 31.6 Å². The quantitative estimate of drug-likeness (QED) is 0.914. The van der Waals surface area contributed by atoms with Crippen LogP contribution in [0.25, 0.3) is 0 Å². The summed E-state index contributed by atoms with van der Waals surface area (Å²) >= 11 is 0. The van der Waals surface area contributed by atoms with Gasteiger partial charge in [-0.05, 0) is 37.9 Å². The molecule has 0 unspecified atom stereocenters. The number of alkyl halides is 3. The molecule has 1 aliphatic heterocycles. The zero-order chi connectivity index (χ0) is 13.9. The molecule has 7 heteroatoms. The highest BCUT2D eigenvalue weighted by Crippen LogP contribution is 2.28. The van der Waals surface area contributed by atoms with Crippen molar-refractivity contribution < 1.29 is 13.2 Å². The van der Waals surface area contributed by atoms with Gasteiger partial charge < -0.3 is 10.2 Å². The fourth-order valence-electron chi connectivity index (χ4n) is 2.22. The Hall–Kier alpha value is -1.37. The molecule has 4 nitrogen and oxygen atoms in total. The average molecular weight is 274 g/mol. The maximum absolute atomic E-state index is 12.6. The molecule has 1 N–H and O–H groups in total. The lowest BCUT2D eigenvalue weighted by molar-refractivity contribution is -0.141. The Bertz CT molecular complexity index is 416. The molecule has 2 heterocycles. The average Bonchev–Trinajstić information content (AvgIpc) is 2.39. The number of nitrogens with one attached hydrogen (secondary N) is 1. The van der Waals surface area contributed by atoms with Gasteiger partial charge in [-0.3, -0.25) is 0 Å². The van der Waals surface area contributed by atoms with Crippen LogP contribution in [0.2, 0.25) is 0 Å². The smallest absolute Gasteiger partial charge is 0.344 e. The summed E-state index contributed by atoms with van der Waals surface area (Å²) in [7, 11) is 1.73. The van der Waals surface area contributed by atoms with Crippen molar-refractivity contribution in [2.45, 2.75) is 19.0 Å². The Morgan fingerprint density at radius 3 is 2.68 bits per heavy atom. The molecular formula is C12H17F3N4. The van der Waals surface area contributed by atoms with E-state index in [1.54, 1.807) is 11.9 Å². The fourth-order valence-corrected chi connectivity index (χ4v) is 2.22. The molecule has 0 saturated carbocycles. The summed E-state index contributed by atoms with van der Waals surface area (Å²) in [5.41, 5.74) is -0.894. The number of anilines is 1.